The molecular weight excluding hydrogens is 261 g/mol. The van der Waals surface area contributed by atoms with Gasteiger partial charge in [-0.1, -0.05) is 0 Å². The van der Waals surface area contributed by atoms with E-state index in [1.807, 2.05) is 0 Å². The van der Waals surface area contributed by atoms with E-state index in [9.17, 15) is 30.7 Å². The molecule has 0 aromatic rings. The molecule has 0 radical (unpaired) electrons. The Labute approximate surface area is 92.0 Å². The van der Waals surface area contributed by atoms with Crippen LogP contribution in [0.5, 0.6) is 0 Å². The fourth-order valence-corrected chi connectivity index (χ4v) is 1.26. The molecule has 0 spiro atoms. The molecular formula is C8H11F7O2. The molecule has 9 heteroatoms. The molecule has 0 rings (SSSR count). The van der Waals surface area contributed by atoms with E-state index in [4.69, 9.17) is 10.2 Å². The lowest BCUT2D eigenvalue weighted by molar-refractivity contribution is -0.367. The van der Waals surface area contributed by atoms with Crippen molar-refractivity contribution >= 4 is 0 Å². The number of aliphatic hydroxyl groups excluding tert-OH is 2. The minimum atomic E-state index is -6.39. The molecule has 0 atom stereocenters. The van der Waals surface area contributed by atoms with E-state index in [0.29, 0.717) is 0 Å². The second-order valence-electron chi connectivity index (χ2n) is 3.42. The highest BCUT2D eigenvalue weighted by atomic mass is 19.4. The molecule has 0 fully saturated rings. The third-order valence-electron chi connectivity index (χ3n) is 2.24. The SMILES string of the molecule is OCCC(CCO)C(F)(F)C(F)(F)C(F)(F)F. The highest BCUT2D eigenvalue weighted by Crippen LogP contribution is 2.51. The van der Waals surface area contributed by atoms with Crippen LogP contribution in [0, 0.1) is 5.92 Å². The highest BCUT2D eigenvalue weighted by molar-refractivity contribution is 4.95. The van der Waals surface area contributed by atoms with Crippen LogP contribution in [0.15, 0.2) is 0 Å². The molecule has 0 aliphatic rings. The number of aliphatic hydroxyl groups is 2. The first kappa shape index (κ1) is 16.4. The summed E-state index contributed by atoms with van der Waals surface area (Å²) in [6.07, 6.45) is -8.31. The Balaban J connectivity index is 5.18. The molecule has 2 nitrogen and oxygen atoms in total. The van der Waals surface area contributed by atoms with Gasteiger partial charge >= 0.3 is 18.0 Å². The number of rotatable bonds is 6. The van der Waals surface area contributed by atoms with Crippen LogP contribution in [0.3, 0.4) is 0 Å². The molecule has 2 N–H and O–H groups in total. The zero-order valence-corrected chi connectivity index (χ0v) is 8.45. The van der Waals surface area contributed by atoms with Crippen LogP contribution in [0.2, 0.25) is 0 Å². The van der Waals surface area contributed by atoms with Crippen molar-refractivity contribution in [3.05, 3.63) is 0 Å². The van der Waals surface area contributed by atoms with Crippen molar-refractivity contribution in [3.63, 3.8) is 0 Å². The summed E-state index contributed by atoms with van der Waals surface area (Å²) in [5.41, 5.74) is 0. The average molecular weight is 272 g/mol. The van der Waals surface area contributed by atoms with Gasteiger partial charge in [-0.2, -0.15) is 30.7 Å². The standard InChI is InChI=1S/C8H11F7O2/c9-6(10,5(1-3-16)2-4-17)7(11,12)8(13,14)15/h5,16-17H,1-4H2. The molecule has 0 bridgehead atoms. The molecule has 0 amide bonds. The first-order valence-electron chi connectivity index (χ1n) is 4.56. The fourth-order valence-electron chi connectivity index (χ4n) is 1.26. The Morgan fingerprint density at radius 3 is 1.35 bits per heavy atom. The van der Waals surface area contributed by atoms with Gasteiger partial charge in [0, 0.05) is 19.1 Å². The lowest BCUT2D eigenvalue weighted by Gasteiger charge is -2.33. The minimum Gasteiger partial charge on any atom is -0.396 e. The summed E-state index contributed by atoms with van der Waals surface area (Å²) in [6.45, 7) is -1.96. The molecule has 0 saturated heterocycles. The minimum absolute atomic E-state index is 0.959. The Hall–Kier alpha value is -0.570. The smallest absolute Gasteiger partial charge is 0.396 e. The maximum absolute atomic E-state index is 13.0. The van der Waals surface area contributed by atoms with Gasteiger partial charge in [-0.25, -0.2) is 0 Å². The molecule has 0 aliphatic carbocycles. The van der Waals surface area contributed by atoms with Crippen LogP contribution in [0.25, 0.3) is 0 Å². The van der Waals surface area contributed by atoms with E-state index < -0.39 is 50.0 Å². The number of hydrogen-bond acceptors (Lipinski definition) is 2. The van der Waals surface area contributed by atoms with E-state index in [2.05, 4.69) is 0 Å². The van der Waals surface area contributed by atoms with Gasteiger partial charge in [0.05, 0.1) is 0 Å². The van der Waals surface area contributed by atoms with Gasteiger partial charge in [0.15, 0.2) is 0 Å². The van der Waals surface area contributed by atoms with E-state index in [0.717, 1.165) is 0 Å². The summed E-state index contributed by atoms with van der Waals surface area (Å²) < 4.78 is 86.7. The molecule has 0 unspecified atom stereocenters. The molecule has 0 heterocycles. The second-order valence-corrected chi connectivity index (χ2v) is 3.42. The van der Waals surface area contributed by atoms with Gasteiger partial charge in [0.1, 0.15) is 0 Å². The maximum atomic E-state index is 13.0. The van der Waals surface area contributed by atoms with Crippen molar-refractivity contribution < 1.29 is 40.9 Å². The zero-order chi connectivity index (χ0) is 13.9. The molecule has 104 valence electrons. The second kappa shape index (κ2) is 5.38. The number of alkyl halides is 7. The van der Waals surface area contributed by atoms with Crippen LogP contribution in [-0.2, 0) is 0 Å². The van der Waals surface area contributed by atoms with Gasteiger partial charge < -0.3 is 10.2 Å². The molecule has 0 aromatic heterocycles. The predicted octanol–water partition coefficient (Wildman–Crippen LogP) is 2.20. The Morgan fingerprint density at radius 2 is 1.12 bits per heavy atom. The average Bonchev–Trinajstić information content (AvgIpc) is 2.15. The Kier molecular flexibility index (Phi) is 5.20. The molecule has 0 saturated carbocycles. The van der Waals surface area contributed by atoms with Crippen molar-refractivity contribution in [1.29, 1.82) is 0 Å². The quantitative estimate of drug-likeness (QED) is 0.728. The summed E-state index contributed by atoms with van der Waals surface area (Å²) >= 11 is 0. The summed E-state index contributed by atoms with van der Waals surface area (Å²) in [5, 5.41) is 16.7. The van der Waals surface area contributed by atoms with Crippen LogP contribution in [0.4, 0.5) is 30.7 Å². The van der Waals surface area contributed by atoms with Crippen molar-refractivity contribution in [2.45, 2.75) is 30.9 Å². The summed E-state index contributed by atoms with van der Waals surface area (Å²) in [7, 11) is 0. The van der Waals surface area contributed by atoms with Crippen molar-refractivity contribution in [2.24, 2.45) is 5.92 Å². The molecule has 0 aromatic carbocycles. The van der Waals surface area contributed by atoms with Crippen molar-refractivity contribution in [2.75, 3.05) is 13.2 Å². The lowest BCUT2D eigenvalue weighted by Crippen LogP contribution is -2.56. The fraction of sp³-hybridized carbons (Fsp3) is 1.00. The third kappa shape index (κ3) is 3.21. The van der Waals surface area contributed by atoms with E-state index in [1.54, 1.807) is 0 Å². The van der Waals surface area contributed by atoms with Crippen LogP contribution >= 0.6 is 0 Å². The number of halogens is 7. The van der Waals surface area contributed by atoms with Crippen molar-refractivity contribution in [1.82, 2.24) is 0 Å². The van der Waals surface area contributed by atoms with E-state index >= 15 is 0 Å². The van der Waals surface area contributed by atoms with Crippen LogP contribution in [0.1, 0.15) is 12.8 Å². The van der Waals surface area contributed by atoms with Gasteiger partial charge in [-0.15, -0.1) is 0 Å². The van der Waals surface area contributed by atoms with Gasteiger partial charge in [-0.05, 0) is 12.8 Å². The van der Waals surface area contributed by atoms with Gasteiger partial charge in [-0.3, -0.25) is 0 Å². The maximum Gasteiger partial charge on any atom is 0.459 e. The zero-order valence-electron chi connectivity index (χ0n) is 8.45. The number of hydrogen-bond donors (Lipinski definition) is 2. The summed E-state index contributed by atoms with van der Waals surface area (Å²) in [5.74, 6) is -14.0. The first-order valence-corrected chi connectivity index (χ1v) is 4.56. The summed E-state index contributed by atoms with van der Waals surface area (Å²) in [4.78, 5) is 0. The lowest BCUT2D eigenvalue weighted by atomic mass is 9.90. The molecule has 0 aliphatic heterocycles. The highest BCUT2D eigenvalue weighted by Gasteiger charge is 2.74. The monoisotopic (exact) mass is 272 g/mol. The largest absolute Gasteiger partial charge is 0.459 e. The molecule has 17 heavy (non-hydrogen) atoms. The topological polar surface area (TPSA) is 40.5 Å². The normalized spacial score (nSPS) is 14.5. The van der Waals surface area contributed by atoms with Gasteiger partial charge in [0.25, 0.3) is 0 Å². The summed E-state index contributed by atoms with van der Waals surface area (Å²) in [6, 6.07) is 0. The Morgan fingerprint density at radius 1 is 0.765 bits per heavy atom. The van der Waals surface area contributed by atoms with E-state index in [-0.39, 0.29) is 0 Å². The first-order chi connectivity index (χ1) is 7.52. The van der Waals surface area contributed by atoms with E-state index in [1.165, 1.54) is 0 Å². The third-order valence-corrected chi connectivity index (χ3v) is 2.24. The predicted molar refractivity (Wildman–Crippen MR) is 42.8 cm³/mol. The van der Waals surface area contributed by atoms with Crippen molar-refractivity contribution in [3.8, 4) is 0 Å². The van der Waals surface area contributed by atoms with Crippen LogP contribution in [-0.4, -0.2) is 41.4 Å². The van der Waals surface area contributed by atoms with Crippen LogP contribution < -0.4 is 0 Å². The van der Waals surface area contributed by atoms with Gasteiger partial charge in [0.2, 0.25) is 0 Å². The Bertz CT molecular complexity index is 233.